The summed E-state index contributed by atoms with van der Waals surface area (Å²) in [5, 5.41) is 0. The van der Waals surface area contributed by atoms with E-state index in [1.807, 2.05) is 0 Å². The van der Waals surface area contributed by atoms with Crippen LogP contribution in [0, 0.1) is 5.82 Å². The number of hydrogen-bond donors (Lipinski definition) is 0. The summed E-state index contributed by atoms with van der Waals surface area (Å²) in [5.41, 5.74) is -0.0723. The van der Waals surface area contributed by atoms with Gasteiger partial charge in [0, 0.05) is 29.3 Å². The molecule has 0 N–H and O–H groups in total. The Balaban J connectivity index is 2.50. The molecule has 110 valence electrons. The Morgan fingerprint density at radius 3 is 2.50 bits per heavy atom. The molecule has 0 aromatic heterocycles. The first-order chi connectivity index (χ1) is 9.25. The number of halogens is 2. The van der Waals surface area contributed by atoms with Crippen molar-refractivity contribution in [3.05, 3.63) is 23.5 Å². The quantitative estimate of drug-likeness (QED) is 0.796. The Morgan fingerprint density at radius 1 is 1.45 bits per heavy atom. The molecule has 5 nitrogen and oxygen atoms in total. The molecular formula is C12H13ClFNO4S. The predicted octanol–water partition coefficient (Wildman–Crippen LogP) is 2.00. The van der Waals surface area contributed by atoms with Crippen molar-refractivity contribution >= 4 is 25.6 Å². The summed E-state index contributed by atoms with van der Waals surface area (Å²) in [4.78, 5) is 13.1. The second-order valence-corrected chi connectivity index (χ2v) is 7.11. The van der Waals surface area contributed by atoms with Crippen LogP contribution in [-0.4, -0.2) is 39.4 Å². The van der Waals surface area contributed by atoms with Gasteiger partial charge in [-0.15, -0.1) is 0 Å². The zero-order valence-electron chi connectivity index (χ0n) is 10.9. The van der Waals surface area contributed by atoms with Gasteiger partial charge in [-0.25, -0.2) is 12.8 Å². The number of nitrogens with zero attached hydrogens (tertiary/aromatic N) is 1. The third kappa shape index (κ3) is 2.88. The summed E-state index contributed by atoms with van der Waals surface area (Å²) in [5.74, 6) is -1.89. The lowest BCUT2D eigenvalue weighted by Gasteiger charge is -2.17. The minimum absolute atomic E-state index is 0.0723. The van der Waals surface area contributed by atoms with E-state index in [1.54, 1.807) is 7.05 Å². The topological polar surface area (TPSA) is 63.7 Å². The molecule has 8 heteroatoms. The lowest BCUT2D eigenvalue weighted by Crippen LogP contribution is -2.29. The average molecular weight is 322 g/mol. The predicted molar refractivity (Wildman–Crippen MR) is 71.1 cm³/mol. The van der Waals surface area contributed by atoms with Crippen LogP contribution in [0.15, 0.2) is 17.0 Å². The van der Waals surface area contributed by atoms with Gasteiger partial charge >= 0.3 is 0 Å². The standard InChI is InChI=1S/C12H13ClFNO4S/c1-15(8-3-4-8)12(16)7-5-9(14)11(19-2)10(6-7)20(13,17)18/h5-6,8H,3-4H2,1-2H3. The maximum Gasteiger partial charge on any atom is 0.265 e. The summed E-state index contributed by atoms with van der Waals surface area (Å²) in [6.07, 6.45) is 1.78. The Bertz CT molecular complexity index is 658. The molecule has 0 spiro atoms. The SMILES string of the molecule is COc1c(F)cc(C(=O)N(C)C2CC2)cc1S(=O)(=O)Cl. The largest absolute Gasteiger partial charge is 0.492 e. The van der Waals surface area contributed by atoms with E-state index in [0.29, 0.717) is 0 Å². The van der Waals surface area contributed by atoms with E-state index in [0.717, 1.165) is 32.1 Å². The molecule has 0 saturated heterocycles. The van der Waals surface area contributed by atoms with Crippen molar-refractivity contribution < 1.29 is 22.3 Å². The zero-order chi connectivity index (χ0) is 15.1. The Kier molecular flexibility index (Phi) is 3.93. The Morgan fingerprint density at radius 2 is 2.05 bits per heavy atom. The first kappa shape index (κ1) is 15.1. The monoisotopic (exact) mass is 321 g/mol. The van der Waals surface area contributed by atoms with E-state index >= 15 is 0 Å². The fourth-order valence-corrected chi connectivity index (χ4v) is 2.92. The summed E-state index contributed by atoms with van der Waals surface area (Å²) in [7, 11) is 3.75. The van der Waals surface area contributed by atoms with Crippen LogP contribution in [-0.2, 0) is 9.05 Å². The highest BCUT2D eigenvalue weighted by molar-refractivity contribution is 8.13. The van der Waals surface area contributed by atoms with E-state index in [4.69, 9.17) is 15.4 Å². The van der Waals surface area contributed by atoms with Crippen LogP contribution >= 0.6 is 10.7 Å². The van der Waals surface area contributed by atoms with Crippen molar-refractivity contribution in [2.45, 2.75) is 23.8 Å². The molecule has 1 fully saturated rings. The number of rotatable bonds is 4. The molecule has 1 aliphatic carbocycles. The number of carbonyl (C=O) groups is 1. The van der Waals surface area contributed by atoms with Gasteiger partial charge in [0.05, 0.1) is 7.11 Å². The van der Waals surface area contributed by atoms with Crippen molar-refractivity contribution in [3.8, 4) is 5.75 Å². The van der Waals surface area contributed by atoms with Crippen molar-refractivity contribution in [1.29, 1.82) is 0 Å². The van der Waals surface area contributed by atoms with Crippen LogP contribution in [0.2, 0.25) is 0 Å². The molecule has 0 heterocycles. The molecule has 20 heavy (non-hydrogen) atoms. The third-order valence-corrected chi connectivity index (χ3v) is 4.47. The fraction of sp³-hybridized carbons (Fsp3) is 0.417. The lowest BCUT2D eigenvalue weighted by atomic mass is 10.2. The smallest absolute Gasteiger partial charge is 0.265 e. The van der Waals surface area contributed by atoms with Crippen molar-refractivity contribution in [3.63, 3.8) is 0 Å². The van der Waals surface area contributed by atoms with E-state index in [2.05, 4.69) is 0 Å². The minimum atomic E-state index is -4.22. The Labute approximate surface area is 120 Å². The molecule has 1 aromatic carbocycles. The average Bonchev–Trinajstić information content (AvgIpc) is 3.19. The third-order valence-electron chi connectivity index (χ3n) is 3.14. The molecule has 0 atom stereocenters. The second kappa shape index (κ2) is 5.21. The van der Waals surface area contributed by atoms with Gasteiger partial charge in [-0.05, 0) is 25.0 Å². The molecule has 0 aliphatic heterocycles. The molecule has 1 aromatic rings. The van der Waals surface area contributed by atoms with Crippen LogP contribution in [0.3, 0.4) is 0 Å². The summed E-state index contributed by atoms with van der Waals surface area (Å²) in [6, 6.07) is 2.11. The van der Waals surface area contributed by atoms with Crippen LogP contribution in [0.1, 0.15) is 23.2 Å². The van der Waals surface area contributed by atoms with Gasteiger partial charge in [0.25, 0.3) is 15.0 Å². The second-order valence-electron chi connectivity index (χ2n) is 4.57. The maximum atomic E-state index is 13.9. The number of carbonyl (C=O) groups excluding carboxylic acids is 1. The first-order valence-electron chi connectivity index (χ1n) is 5.85. The normalized spacial score (nSPS) is 15.0. The van der Waals surface area contributed by atoms with Gasteiger partial charge < -0.3 is 9.64 Å². The number of amides is 1. The summed E-state index contributed by atoms with van der Waals surface area (Å²) in [6.45, 7) is 0. The van der Waals surface area contributed by atoms with Crippen LogP contribution in [0.4, 0.5) is 4.39 Å². The zero-order valence-corrected chi connectivity index (χ0v) is 12.5. The molecule has 1 amide bonds. The van der Waals surface area contributed by atoms with Gasteiger partial charge in [0.2, 0.25) is 0 Å². The molecular weight excluding hydrogens is 309 g/mol. The highest BCUT2D eigenvalue weighted by Gasteiger charge is 2.31. The van der Waals surface area contributed by atoms with Gasteiger partial charge in [-0.1, -0.05) is 0 Å². The van der Waals surface area contributed by atoms with Crippen LogP contribution in [0.25, 0.3) is 0 Å². The van der Waals surface area contributed by atoms with Gasteiger partial charge in [-0.2, -0.15) is 0 Å². The number of benzene rings is 1. The first-order valence-corrected chi connectivity index (χ1v) is 8.16. The van der Waals surface area contributed by atoms with E-state index < -0.39 is 31.4 Å². The molecule has 1 aliphatic rings. The molecule has 2 rings (SSSR count). The van der Waals surface area contributed by atoms with Gasteiger partial charge in [0.15, 0.2) is 11.6 Å². The van der Waals surface area contributed by atoms with Crippen molar-refractivity contribution in [2.75, 3.05) is 14.2 Å². The number of ether oxygens (including phenoxy) is 1. The number of methoxy groups -OCH3 is 1. The Hall–Kier alpha value is -1.34. The highest BCUT2D eigenvalue weighted by Crippen LogP contribution is 2.32. The maximum absolute atomic E-state index is 13.9. The van der Waals surface area contributed by atoms with Crippen LogP contribution in [0.5, 0.6) is 5.75 Å². The lowest BCUT2D eigenvalue weighted by molar-refractivity contribution is 0.0784. The van der Waals surface area contributed by atoms with Crippen molar-refractivity contribution in [2.24, 2.45) is 0 Å². The highest BCUT2D eigenvalue weighted by atomic mass is 35.7. The molecule has 0 radical (unpaired) electrons. The fourth-order valence-electron chi connectivity index (χ4n) is 1.90. The summed E-state index contributed by atoms with van der Waals surface area (Å²) < 4.78 is 41.5. The molecule has 0 bridgehead atoms. The van der Waals surface area contributed by atoms with E-state index in [-0.39, 0.29) is 11.6 Å². The van der Waals surface area contributed by atoms with Crippen LogP contribution < -0.4 is 4.74 Å². The van der Waals surface area contributed by atoms with Gasteiger partial charge in [0.1, 0.15) is 4.90 Å². The summed E-state index contributed by atoms with van der Waals surface area (Å²) >= 11 is 0. The minimum Gasteiger partial charge on any atom is -0.492 e. The van der Waals surface area contributed by atoms with Gasteiger partial charge in [-0.3, -0.25) is 4.79 Å². The van der Waals surface area contributed by atoms with E-state index in [9.17, 15) is 17.6 Å². The van der Waals surface area contributed by atoms with E-state index in [1.165, 1.54) is 4.90 Å². The number of hydrogen-bond acceptors (Lipinski definition) is 4. The molecule has 0 unspecified atom stereocenters. The molecule has 1 saturated carbocycles. The van der Waals surface area contributed by atoms with Crippen molar-refractivity contribution in [1.82, 2.24) is 4.90 Å².